The Morgan fingerprint density at radius 1 is 1.00 bits per heavy atom. The van der Waals surface area contributed by atoms with E-state index in [1.165, 1.54) is 17.7 Å². The van der Waals surface area contributed by atoms with Gasteiger partial charge in [-0.15, -0.1) is 0 Å². The van der Waals surface area contributed by atoms with Crippen LogP contribution in [0.25, 0.3) is 0 Å². The Bertz CT molecular complexity index is 695. The van der Waals surface area contributed by atoms with E-state index in [0.29, 0.717) is 5.56 Å². The highest BCUT2D eigenvalue weighted by atomic mass is 19.4. The maximum Gasteiger partial charge on any atom is 0.416 e. The van der Waals surface area contributed by atoms with Gasteiger partial charge >= 0.3 is 6.18 Å². The summed E-state index contributed by atoms with van der Waals surface area (Å²) in [6.45, 7) is 4.12. The summed E-state index contributed by atoms with van der Waals surface area (Å²) in [4.78, 5) is 2.28. The van der Waals surface area contributed by atoms with Crippen molar-refractivity contribution in [3.8, 4) is 0 Å². The summed E-state index contributed by atoms with van der Waals surface area (Å²) in [5, 5.41) is 11.0. The van der Waals surface area contributed by atoms with E-state index in [0.717, 1.165) is 38.2 Å². The minimum Gasteiger partial charge on any atom is -0.385 e. The molecule has 2 aromatic carbocycles. The zero-order valence-electron chi connectivity index (χ0n) is 14.1. The molecule has 0 aromatic heterocycles. The molecule has 0 aliphatic carbocycles. The quantitative estimate of drug-likeness (QED) is 0.882. The first-order valence-corrected chi connectivity index (χ1v) is 8.43. The van der Waals surface area contributed by atoms with Crippen molar-refractivity contribution in [2.75, 3.05) is 13.1 Å². The molecule has 2 nitrogen and oxygen atoms in total. The van der Waals surface area contributed by atoms with Crippen LogP contribution in [0.3, 0.4) is 0 Å². The van der Waals surface area contributed by atoms with Crippen LogP contribution in [0.1, 0.15) is 30.0 Å². The lowest BCUT2D eigenvalue weighted by Crippen LogP contribution is -2.34. The van der Waals surface area contributed by atoms with Crippen LogP contribution in [0, 0.1) is 5.92 Å². The minimum absolute atomic E-state index is 0.00653. The van der Waals surface area contributed by atoms with Crippen molar-refractivity contribution >= 4 is 0 Å². The van der Waals surface area contributed by atoms with Crippen LogP contribution >= 0.6 is 0 Å². The predicted molar refractivity (Wildman–Crippen MR) is 90.8 cm³/mol. The maximum atomic E-state index is 12.7. The van der Waals surface area contributed by atoms with E-state index < -0.39 is 17.3 Å². The highest BCUT2D eigenvalue weighted by Gasteiger charge is 2.39. The summed E-state index contributed by atoms with van der Waals surface area (Å²) in [6, 6.07) is 15.0. The third kappa shape index (κ3) is 4.05. The average molecular weight is 349 g/mol. The van der Waals surface area contributed by atoms with Gasteiger partial charge in [-0.05, 0) is 43.1 Å². The van der Waals surface area contributed by atoms with Crippen LogP contribution in [0.15, 0.2) is 54.6 Å². The van der Waals surface area contributed by atoms with Gasteiger partial charge in [0, 0.05) is 19.0 Å². The van der Waals surface area contributed by atoms with Gasteiger partial charge in [0.2, 0.25) is 0 Å². The molecule has 2 atom stereocenters. The van der Waals surface area contributed by atoms with Crippen LogP contribution in [0.2, 0.25) is 0 Å². The van der Waals surface area contributed by atoms with E-state index in [4.69, 9.17) is 0 Å². The molecule has 1 N–H and O–H groups in total. The van der Waals surface area contributed by atoms with Gasteiger partial charge in [0.25, 0.3) is 0 Å². The van der Waals surface area contributed by atoms with Gasteiger partial charge in [0.05, 0.1) is 11.2 Å². The van der Waals surface area contributed by atoms with E-state index >= 15 is 0 Å². The fourth-order valence-corrected chi connectivity index (χ4v) is 3.51. The molecule has 1 aliphatic heterocycles. The Balaban J connectivity index is 1.68. The van der Waals surface area contributed by atoms with E-state index in [2.05, 4.69) is 17.0 Å². The highest BCUT2D eigenvalue weighted by molar-refractivity contribution is 5.29. The molecule has 1 aliphatic rings. The number of aliphatic hydroxyl groups is 1. The summed E-state index contributed by atoms with van der Waals surface area (Å²) in [5.74, 6) is -0.00653. The van der Waals surface area contributed by atoms with E-state index in [9.17, 15) is 18.3 Å². The van der Waals surface area contributed by atoms with Crippen molar-refractivity contribution in [3.63, 3.8) is 0 Å². The molecule has 3 rings (SSSR count). The molecule has 1 saturated heterocycles. The number of likely N-dealkylation sites (tertiary alicyclic amines) is 1. The number of hydrogen-bond donors (Lipinski definition) is 1. The molecule has 1 fully saturated rings. The van der Waals surface area contributed by atoms with Crippen molar-refractivity contribution in [1.82, 2.24) is 4.90 Å². The number of rotatable bonds is 4. The van der Waals surface area contributed by atoms with E-state index in [1.807, 2.05) is 18.2 Å². The van der Waals surface area contributed by atoms with Crippen LogP contribution in [0.4, 0.5) is 13.2 Å². The summed E-state index contributed by atoms with van der Waals surface area (Å²) >= 11 is 0. The van der Waals surface area contributed by atoms with Crippen molar-refractivity contribution < 1.29 is 18.3 Å². The van der Waals surface area contributed by atoms with Gasteiger partial charge in [-0.2, -0.15) is 13.2 Å². The van der Waals surface area contributed by atoms with Gasteiger partial charge in [-0.1, -0.05) is 42.5 Å². The van der Waals surface area contributed by atoms with E-state index in [1.54, 1.807) is 6.92 Å². The van der Waals surface area contributed by atoms with Gasteiger partial charge in [0.15, 0.2) is 0 Å². The second-order valence-electron chi connectivity index (χ2n) is 6.93. The third-order valence-corrected chi connectivity index (χ3v) is 5.11. The van der Waals surface area contributed by atoms with Crippen LogP contribution < -0.4 is 0 Å². The molecule has 0 amide bonds. The smallest absolute Gasteiger partial charge is 0.385 e. The van der Waals surface area contributed by atoms with Gasteiger partial charge in [0.1, 0.15) is 0 Å². The number of hydrogen-bond acceptors (Lipinski definition) is 2. The number of alkyl halides is 3. The maximum absolute atomic E-state index is 12.7. The largest absolute Gasteiger partial charge is 0.416 e. The molecular formula is C20H22F3NO. The predicted octanol–water partition coefficient (Wildman–Crippen LogP) is 4.44. The Morgan fingerprint density at radius 3 is 2.20 bits per heavy atom. The van der Waals surface area contributed by atoms with Gasteiger partial charge < -0.3 is 5.11 Å². The lowest BCUT2D eigenvalue weighted by atomic mass is 9.82. The number of halogens is 3. The Labute approximate surface area is 145 Å². The molecule has 0 bridgehead atoms. The van der Waals surface area contributed by atoms with Gasteiger partial charge in [-0.3, -0.25) is 4.90 Å². The molecular weight excluding hydrogens is 327 g/mol. The third-order valence-electron chi connectivity index (χ3n) is 5.11. The fraction of sp³-hybridized carbons (Fsp3) is 0.400. The molecule has 134 valence electrons. The standard InChI is InChI=1S/C20H22F3NO/c1-19(25,16-7-9-17(10-8-16)20(21,22)23)18-11-12-24(14-18)13-15-5-3-2-4-6-15/h2-10,18,25H,11-14H2,1H3/t18-,19+/m0/s1. The van der Waals surface area contributed by atoms with Crippen molar-refractivity contribution in [2.45, 2.75) is 31.7 Å². The lowest BCUT2D eigenvalue weighted by Gasteiger charge is -2.31. The number of nitrogens with zero attached hydrogens (tertiary/aromatic N) is 1. The fourth-order valence-electron chi connectivity index (χ4n) is 3.51. The second-order valence-corrected chi connectivity index (χ2v) is 6.93. The normalized spacial score (nSPS) is 21.2. The SMILES string of the molecule is C[C@@](O)(c1ccc(C(F)(F)F)cc1)[C@H]1CCN(Cc2ccccc2)C1. The van der Waals surface area contributed by atoms with Crippen LogP contribution in [0.5, 0.6) is 0 Å². The molecule has 0 spiro atoms. The zero-order chi connectivity index (χ0) is 18.1. The van der Waals surface area contributed by atoms with Crippen molar-refractivity contribution in [1.29, 1.82) is 0 Å². The monoisotopic (exact) mass is 349 g/mol. The zero-order valence-corrected chi connectivity index (χ0v) is 14.1. The average Bonchev–Trinajstić information content (AvgIpc) is 3.04. The van der Waals surface area contributed by atoms with Crippen molar-refractivity contribution in [3.05, 3.63) is 71.3 Å². The first-order chi connectivity index (χ1) is 11.8. The van der Waals surface area contributed by atoms with E-state index in [-0.39, 0.29) is 5.92 Å². The topological polar surface area (TPSA) is 23.5 Å². The summed E-state index contributed by atoms with van der Waals surface area (Å²) in [6.07, 6.45) is -3.54. The van der Waals surface area contributed by atoms with Crippen molar-refractivity contribution in [2.24, 2.45) is 5.92 Å². The van der Waals surface area contributed by atoms with Gasteiger partial charge in [-0.25, -0.2) is 0 Å². The van der Waals surface area contributed by atoms with Crippen LogP contribution in [-0.2, 0) is 18.3 Å². The molecule has 2 aromatic rings. The summed E-state index contributed by atoms with van der Waals surface area (Å²) in [5.41, 5.74) is -0.0798. The number of benzene rings is 2. The molecule has 0 saturated carbocycles. The molecule has 5 heteroatoms. The first kappa shape index (κ1) is 18.0. The Kier molecular flexibility index (Phi) is 4.89. The Morgan fingerprint density at radius 2 is 1.60 bits per heavy atom. The summed E-state index contributed by atoms with van der Waals surface area (Å²) in [7, 11) is 0. The molecule has 25 heavy (non-hydrogen) atoms. The lowest BCUT2D eigenvalue weighted by molar-refractivity contribution is -0.137. The first-order valence-electron chi connectivity index (χ1n) is 8.43. The highest BCUT2D eigenvalue weighted by Crippen LogP contribution is 2.37. The molecule has 0 unspecified atom stereocenters. The molecule has 0 radical (unpaired) electrons. The Hall–Kier alpha value is -1.85. The molecule has 1 heterocycles. The minimum atomic E-state index is -4.36. The van der Waals surface area contributed by atoms with Crippen LogP contribution in [-0.4, -0.2) is 23.1 Å². The second kappa shape index (κ2) is 6.81. The summed E-state index contributed by atoms with van der Waals surface area (Å²) < 4.78 is 38.1.